The van der Waals surface area contributed by atoms with Crippen molar-refractivity contribution in [3.8, 4) is 11.1 Å². The normalized spacial score (nSPS) is 15.5. The first-order valence-corrected chi connectivity index (χ1v) is 9.03. The molecule has 0 heterocycles. The van der Waals surface area contributed by atoms with Gasteiger partial charge in [0.05, 0.1) is 15.5 Å². The summed E-state index contributed by atoms with van der Waals surface area (Å²) in [6, 6.07) is 9.32. The highest BCUT2D eigenvalue weighted by Crippen LogP contribution is 2.42. The Balaban J connectivity index is 2.18. The molecule has 0 aliphatic heterocycles. The molecule has 0 bridgehead atoms. The average Bonchev–Trinajstić information content (AvgIpc) is 3.29. The second-order valence-corrected chi connectivity index (χ2v) is 7.71. The zero-order valence-corrected chi connectivity index (χ0v) is 13.8. The predicted molar refractivity (Wildman–Crippen MR) is 85.2 cm³/mol. The number of halogens is 4. The summed E-state index contributed by atoms with van der Waals surface area (Å²) in [5.41, 5.74) is -1.03. The molecule has 128 valence electrons. The van der Waals surface area contributed by atoms with Gasteiger partial charge in [0.2, 0.25) is 10.0 Å². The number of benzene rings is 2. The maximum atomic E-state index is 13.5. The van der Waals surface area contributed by atoms with Crippen LogP contribution in [-0.4, -0.2) is 14.5 Å². The summed E-state index contributed by atoms with van der Waals surface area (Å²) in [5, 5.41) is -0.257. The highest BCUT2D eigenvalue weighted by atomic mass is 35.5. The Kier molecular flexibility index (Phi) is 4.36. The molecule has 0 spiro atoms. The largest absolute Gasteiger partial charge is 0.417 e. The van der Waals surface area contributed by atoms with Gasteiger partial charge in [-0.3, -0.25) is 0 Å². The Hall–Kier alpha value is -1.57. The first kappa shape index (κ1) is 17.3. The molecule has 1 saturated carbocycles. The quantitative estimate of drug-likeness (QED) is 0.857. The van der Waals surface area contributed by atoms with Crippen LogP contribution in [0.25, 0.3) is 11.1 Å². The smallest absolute Gasteiger partial charge is 0.208 e. The highest BCUT2D eigenvalue weighted by molar-refractivity contribution is 7.89. The summed E-state index contributed by atoms with van der Waals surface area (Å²) in [7, 11) is -4.04. The molecule has 1 aliphatic rings. The maximum absolute atomic E-state index is 13.5. The fourth-order valence-corrected chi connectivity index (χ4v) is 4.10. The summed E-state index contributed by atoms with van der Waals surface area (Å²) >= 11 is 6.04. The van der Waals surface area contributed by atoms with Crippen LogP contribution in [0.2, 0.25) is 5.02 Å². The van der Waals surface area contributed by atoms with Crippen molar-refractivity contribution in [2.45, 2.75) is 30.0 Å². The number of hydrogen-bond acceptors (Lipinski definition) is 2. The molecule has 24 heavy (non-hydrogen) atoms. The van der Waals surface area contributed by atoms with Crippen molar-refractivity contribution in [1.29, 1.82) is 0 Å². The third-order valence-corrected chi connectivity index (χ3v) is 5.44. The molecule has 0 atom stereocenters. The van der Waals surface area contributed by atoms with Gasteiger partial charge in [-0.15, -0.1) is 0 Å². The number of rotatable bonds is 4. The van der Waals surface area contributed by atoms with Crippen LogP contribution in [0.5, 0.6) is 0 Å². The van der Waals surface area contributed by atoms with Crippen molar-refractivity contribution in [1.82, 2.24) is 4.72 Å². The lowest BCUT2D eigenvalue weighted by molar-refractivity contribution is -0.137. The van der Waals surface area contributed by atoms with Crippen molar-refractivity contribution < 1.29 is 21.6 Å². The van der Waals surface area contributed by atoms with Gasteiger partial charge in [0, 0.05) is 11.6 Å². The highest BCUT2D eigenvalue weighted by Gasteiger charge is 2.37. The number of hydrogen-bond donors (Lipinski definition) is 1. The van der Waals surface area contributed by atoms with Crippen LogP contribution in [0.4, 0.5) is 13.2 Å². The molecule has 2 aromatic carbocycles. The van der Waals surface area contributed by atoms with E-state index in [4.69, 9.17) is 11.6 Å². The van der Waals surface area contributed by atoms with Crippen LogP contribution in [0.3, 0.4) is 0 Å². The fourth-order valence-electron chi connectivity index (χ4n) is 2.35. The summed E-state index contributed by atoms with van der Waals surface area (Å²) in [6.45, 7) is 0. The molecule has 3 nitrogen and oxygen atoms in total. The van der Waals surface area contributed by atoms with Crippen LogP contribution in [-0.2, 0) is 16.2 Å². The van der Waals surface area contributed by atoms with Gasteiger partial charge < -0.3 is 0 Å². The molecule has 1 N–H and O–H groups in total. The van der Waals surface area contributed by atoms with E-state index < -0.39 is 26.7 Å². The average molecular weight is 376 g/mol. The summed E-state index contributed by atoms with van der Waals surface area (Å²) in [4.78, 5) is -0.480. The van der Waals surface area contributed by atoms with E-state index in [1.165, 1.54) is 12.1 Å². The third kappa shape index (κ3) is 3.58. The Bertz CT molecular complexity index is 863. The minimum Gasteiger partial charge on any atom is -0.208 e. The molecule has 1 aliphatic carbocycles. The van der Waals surface area contributed by atoms with Gasteiger partial charge in [-0.2, -0.15) is 13.2 Å². The van der Waals surface area contributed by atoms with Crippen molar-refractivity contribution in [2.75, 3.05) is 0 Å². The molecule has 0 radical (unpaired) electrons. The molecule has 3 rings (SSSR count). The predicted octanol–water partition coefficient (Wildman–Crippen LogP) is 4.47. The zero-order valence-electron chi connectivity index (χ0n) is 12.3. The lowest BCUT2D eigenvalue weighted by Gasteiger charge is -2.17. The molecule has 0 saturated heterocycles. The van der Waals surface area contributed by atoms with E-state index in [1.54, 1.807) is 18.2 Å². The molecule has 8 heteroatoms. The van der Waals surface area contributed by atoms with Crippen LogP contribution in [0, 0.1) is 0 Å². The van der Waals surface area contributed by atoms with Gasteiger partial charge in [-0.1, -0.05) is 41.9 Å². The lowest BCUT2D eigenvalue weighted by atomic mass is 9.99. The van der Waals surface area contributed by atoms with E-state index in [-0.39, 0.29) is 22.2 Å². The number of alkyl halides is 3. The van der Waals surface area contributed by atoms with Crippen LogP contribution in [0.15, 0.2) is 47.4 Å². The maximum Gasteiger partial charge on any atom is 0.417 e. The van der Waals surface area contributed by atoms with Crippen LogP contribution < -0.4 is 4.72 Å². The van der Waals surface area contributed by atoms with Crippen molar-refractivity contribution in [3.63, 3.8) is 0 Å². The van der Waals surface area contributed by atoms with Crippen molar-refractivity contribution in [3.05, 3.63) is 53.1 Å². The summed E-state index contributed by atoms with van der Waals surface area (Å²) in [6.07, 6.45) is -3.37. The van der Waals surface area contributed by atoms with E-state index >= 15 is 0 Å². The molecule has 2 aromatic rings. The van der Waals surface area contributed by atoms with Crippen molar-refractivity contribution >= 4 is 21.6 Å². The molecule has 0 aromatic heterocycles. The van der Waals surface area contributed by atoms with E-state index in [2.05, 4.69) is 4.72 Å². The van der Waals surface area contributed by atoms with Crippen LogP contribution >= 0.6 is 11.6 Å². The SMILES string of the molecule is O=S(=O)(NC1CC1)c1cc(Cl)c(-c2ccccc2)c(C(F)(F)F)c1. The van der Waals surface area contributed by atoms with E-state index in [0.717, 1.165) is 6.07 Å². The Morgan fingerprint density at radius 1 is 1.08 bits per heavy atom. The number of nitrogens with one attached hydrogen (secondary N) is 1. The van der Waals surface area contributed by atoms with E-state index in [1.807, 2.05) is 0 Å². The third-order valence-electron chi connectivity index (χ3n) is 3.64. The van der Waals surface area contributed by atoms with Gasteiger partial charge in [-0.05, 0) is 30.5 Å². The minimum absolute atomic E-state index is 0.211. The Labute approximate surface area is 142 Å². The Morgan fingerprint density at radius 3 is 2.25 bits per heavy atom. The zero-order chi connectivity index (χ0) is 17.5. The molecule has 0 amide bonds. The van der Waals surface area contributed by atoms with Crippen molar-refractivity contribution in [2.24, 2.45) is 0 Å². The molecular weight excluding hydrogens is 363 g/mol. The van der Waals surface area contributed by atoms with E-state index in [0.29, 0.717) is 18.9 Å². The van der Waals surface area contributed by atoms with Gasteiger partial charge >= 0.3 is 6.18 Å². The molecule has 1 fully saturated rings. The monoisotopic (exact) mass is 375 g/mol. The molecule has 0 unspecified atom stereocenters. The fraction of sp³-hybridized carbons (Fsp3) is 0.250. The standard InChI is InChI=1S/C16H13ClF3NO2S/c17-14-9-12(24(22,23)21-11-6-7-11)8-13(16(18,19)20)15(14)10-4-2-1-3-5-10/h1-5,8-9,11,21H,6-7H2. The number of sulfonamides is 1. The van der Waals surface area contributed by atoms with E-state index in [9.17, 15) is 21.6 Å². The summed E-state index contributed by atoms with van der Waals surface area (Å²) < 4.78 is 67.3. The first-order valence-electron chi connectivity index (χ1n) is 7.17. The second kappa shape index (κ2) is 6.06. The first-order chi connectivity index (χ1) is 11.2. The van der Waals surface area contributed by atoms with Gasteiger partial charge in [0.15, 0.2) is 0 Å². The van der Waals surface area contributed by atoms with Gasteiger partial charge in [-0.25, -0.2) is 13.1 Å². The van der Waals surface area contributed by atoms with Gasteiger partial charge in [0.25, 0.3) is 0 Å². The topological polar surface area (TPSA) is 46.2 Å². The Morgan fingerprint density at radius 2 is 1.71 bits per heavy atom. The summed E-state index contributed by atoms with van der Waals surface area (Å²) in [5.74, 6) is 0. The van der Waals surface area contributed by atoms with Crippen LogP contribution in [0.1, 0.15) is 18.4 Å². The second-order valence-electron chi connectivity index (χ2n) is 5.59. The minimum atomic E-state index is -4.74. The van der Waals surface area contributed by atoms with Gasteiger partial charge in [0.1, 0.15) is 0 Å². The molecular formula is C16H13ClF3NO2S. The lowest BCUT2D eigenvalue weighted by Crippen LogP contribution is -2.26.